The number of amides is 1. The second kappa shape index (κ2) is 7.58. The van der Waals surface area contributed by atoms with Crippen molar-refractivity contribution in [1.29, 1.82) is 0 Å². The summed E-state index contributed by atoms with van der Waals surface area (Å²) in [6.45, 7) is 1.87. The number of rotatable bonds is 5. The summed E-state index contributed by atoms with van der Waals surface area (Å²) in [5, 5.41) is 0. The normalized spacial score (nSPS) is 16.5. The molecule has 6 nitrogen and oxygen atoms in total. The first-order valence-electron chi connectivity index (χ1n) is 8.64. The van der Waals surface area contributed by atoms with Gasteiger partial charge in [0.1, 0.15) is 12.3 Å². The first kappa shape index (κ1) is 17.9. The number of carbonyl (C=O) groups is 2. The molecule has 0 aromatic heterocycles. The molecule has 2 aromatic carbocycles. The minimum Gasteiger partial charge on any atom is -0.399 e. The second-order valence-corrected chi connectivity index (χ2v) is 6.73. The molecular formula is C20H24N4O2. The van der Waals surface area contributed by atoms with E-state index in [-0.39, 0.29) is 11.9 Å². The van der Waals surface area contributed by atoms with E-state index in [0.717, 1.165) is 30.8 Å². The number of nitrogens with zero attached hydrogens (tertiary/aromatic N) is 3. The lowest BCUT2D eigenvalue weighted by Gasteiger charge is -2.42. The Labute approximate surface area is 153 Å². The number of nitrogens with two attached hydrogens (primary N) is 1. The van der Waals surface area contributed by atoms with Gasteiger partial charge in [0, 0.05) is 24.3 Å². The Morgan fingerprint density at radius 2 is 1.81 bits per heavy atom. The molecule has 1 unspecified atom stereocenters. The van der Waals surface area contributed by atoms with Gasteiger partial charge in [-0.15, -0.1) is 0 Å². The predicted molar refractivity (Wildman–Crippen MR) is 105 cm³/mol. The van der Waals surface area contributed by atoms with Crippen molar-refractivity contribution in [3.63, 3.8) is 0 Å². The molecule has 0 spiro atoms. The molecule has 1 amide bonds. The summed E-state index contributed by atoms with van der Waals surface area (Å²) in [6.07, 6.45) is 0.925. The highest BCUT2D eigenvalue weighted by molar-refractivity contribution is 6.09. The molecule has 1 aliphatic heterocycles. The molecule has 1 heterocycles. The van der Waals surface area contributed by atoms with Gasteiger partial charge in [0.15, 0.2) is 0 Å². The minimum absolute atomic E-state index is 0.128. The lowest BCUT2D eigenvalue weighted by molar-refractivity contribution is -0.108. The zero-order valence-electron chi connectivity index (χ0n) is 15.1. The molecular weight excluding hydrogens is 328 g/mol. The molecule has 1 aliphatic rings. The molecule has 6 heteroatoms. The van der Waals surface area contributed by atoms with Crippen LogP contribution in [0.4, 0.5) is 17.1 Å². The number of aldehydes is 1. The highest BCUT2D eigenvalue weighted by Gasteiger charge is 2.33. The predicted octanol–water partition coefficient (Wildman–Crippen LogP) is 1.86. The topological polar surface area (TPSA) is 69.9 Å². The van der Waals surface area contributed by atoms with E-state index in [2.05, 4.69) is 9.80 Å². The third kappa shape index (κ3) is 3.55. The smallest absolute Gasteiger partial charge is 0.258 e. The molecule has 0 fully saturated rings. The monoisotopic (exact) mass is 352 g/mol. The van der Waals surface area contributed by atoms with Crippen LogP contribution in [0.15, 0.2) is 48.5 Å². The summed E-state index contributed by atoms with van der Waals surface area (Å²) < 4.78 is 0. The lowest BCUT2D eigenvalue weighted by Crippen LogP contribution is -2.53. The van der Waals surface area contributed by atoms with Crippen molar-refractivity contribution in [2.24, 2.45) is 0 Å². The van der Waals surface area contributed by atoms with Crippen molar-refractivity contribution in [3.05, 3.63) is 54.1 Å². The average molecular weight is 352 g/mol. The van der Waals surface area contributed by atoms with E-state index < -0.39 is 0 Å². The van der Waals surface area contributed by atoms with E-state index in [9.17, 15) is 9.59 Å². The third-order valence-corrected chi connectivity index (χ3v) is 4.60. The van der Waals surface area contributed by atoms with Gasteiger partial charge in [-0.2, -0.15) is 0 Å². The molecule has 0 radical (unpaired) electrons. The van der Waals surface area contributed by atoms with Crippen LogP contribution in [0.5, 0.6) is 0 Å². The van der Waals surface area contributed by atoms with E-state index in [1.54, 1.807) is 29.2 Å². The average Bonchev–Trinajstić information content (AvgIpc) is 2.65. The van der Waals surface area contributed by atoms with Crippen molar-refractivity contribution in [2.75, 3.05) is 49.3 Å². The van der Waals surface area contributed by atoms with Crippen LogP contribution in [0.1, 0.15) is 10.4 Å². The third-order valence-electron chi connectivity index (χ3n) is 4.60. The van der Waals surface area contributed by atoms with Gasteiger partial charge < -0.3 is 25.2 Å². The van der Waals surface area contributed by atoms with Crippen LogP contribution in [-0.2, 0) is 4.79 Å². The van der Waals surface area contributed by atoms with Gasteiger partial charge in [-0.25, -0.2) is 0 Å². The molecule has 2 N–H and O–H groups in total. The first-order chi connectivity index (χ1) is 12.5. The van der Waals surface area contributed by atoms with E-state index >= 15 is 0 Å². The van der Waals surface area contributed by atoms with E-state index in [1.165, 1.54) is 0 Å². The van der Waals surface area contributed by atoms with Gasteiger partial charge in [-0.1, -0.05) is 12.1 Å². The van der Waals surface area contributed by atoms with Crippen molar-refractivity contribution in [1.82, 2.24) is 4.90 Å². The van der Waals surface area contributed by atoms with Crippen LogP contribution in [0.3, 0.4) is 0 Å². The van der Waals surface area contributed by atoms with Gasteiger partial charge in [0.05, 0.1) is 17.9 Å². The zero-order valence-corrected chi connectivity index (χ0v) is 15.1. The lowest BCUT2D eigenvalue weighted by atomic mass is 10.1. The zero-order chi connectivity index (χ0) is 18.7. The molecule has 0 bridgehead atoms. The fourth-order valence-electron chi connectivity index (χ4n) is 3.18. The van der Waals surface area contributed by atoms with Crippen LogP contribution in [-0.4, -0.2) is 56.9 Å². The molecule has 0 aliphatic carbocycles. The number of carbonyl (C=O) groups excluding carboxylic acids is 2. The molecule has 26 heavy (non-hydrogen) atoms. The quantitative estimate of drug-likeness (QED) is 0.657. The summed E-state index contributed by atoms with van der Waals surface area (Å²) in [5.74, 6) is -0.128. The van der Waals surface area contributed by atoms with Gasteiger partial charge in [-0.3, -0.25) is 4.79 Å². The Bertz CT molecular complexity index is 789. The van der Waals surface area contributed by atoms with Crippen molar-refractivity contribution >= 4 is 29.3 Å². The van der Waals surface area contributed by atoms with Crippen LogP contribution < -0.4 is 15.5 Å². The van der Waals surface area contributed by atoms with E-state index in [4.69, 9.17) is 5.73 Å². The maximum Gasteiger partial charge on any atom is 0.258 e. The van der Waals surface area contributed by atoms with Crippen LogP contribution in [0, 0.1) is 0 Å². The van der Waals surface area contributed by atoms with E-state index in [0.29, 0.717) is 17.8 Å². The van der Waals surface area contributed by atoms with Crippen LogP contribution >= 0.6 is 0 Å². The van der Waals surface area contributed by atoms with Gasteiger partial charge in [-0.05, 0) is 50.5 Å². The first-order valence-corrected chi connectivity index (χ1v) is 8.64. The number of hydrogen-bond acceptors (Lipinski definition) is 5. The maximum atomic E-state index is 13.1. The highest BCUT2D eigenvalue weighted by Crippen LogP contribution is 2.35. The number of para-hydroxylation sites is 2. The van der Waals surface area contributed by atoms with Gasteiger partial charge in [0.2, 0.25) is 0 Å². The number of nitrogen functional groups attached to an aromatic ring is 1. The van der Waals surface area contributed by atoms with Crippen molar-refractivity contribution < 1.29 is 9.59 Å². The number of benzene rings is 2. The molecule has 0 saturated heterocycles. The standard InChI is InChI=1S/C20H24N4O2/c1-22(2)11-12-23-17(14-25)13-24(19-6-4-3-5-18(19)23)20(26)15-7-9-16(21)10-8-15/h3-10,14,17H,11-13,21H2,1-2H3. The fraction of sp³-hybridized carbons (Fsp3) is 0.300. The number of fused-ring (bicyclic) bond motifs is 1. The van der Waals surface area contributed by atoms with E-state index in [1.807, 2.05) is 38.4 Å². The van der Waals surface area contributed by atoms with Crippen molar-refractivity contribution in [3.8, 4) is 0 Å². The van der Waals surface area contributed by atoms with Crippen LogP contribution in [0.2, 0.25) is 0 Å². The Morgan fingerprint density at radius 3 is 2.42 bits per heavy atom. The summed E-state index contributed by atoms with van der Waals surface area (Å²) in [6, 6.07) is 14.2. The SMILES string of the molecule is CN(C)CCN1c2ccccc2N(C(=O)c2ccc(N)cc2)CC1C=O. The molecule has 136 valence electrons. The molecule has 3 rings (SSSR count). The molecule has 2 aromatic rings. The Morgan fingerprint density at radius 1 is 1.15 bits per heavy atom. The number of anilines is 3. The second-order valence-electron chi connectivity index (χ2n) is 6.73. The number of hydrogen-bond donors (Lipinski definition) is 1. The number of likely N-dealkylation sites (N-methyl/N-ethyl adjacent to an activating group) is 1. The summed E-state index contributed by atoms with van der Waals surface area (Å²) in [5.41, 5.74) is 8.62. The summed E-state index contributed by atoms with van der Waals surface area (Å²) in [7, 11) is 4.01. The Balaban J connectivity index is 1.96. The highest BCUT2D eigenvalue weighted by atomic mass is 16.2. The van der Waals surface area contributed by atoms with Crippen LogP contribution in [0.25, 0.3) is 0 Å². The van der Waals surface area contributed by atoms with Gasteiger partial charge in [0.25, 0.3) is 5.91 Å². The largest absolute Gasteiger partial charge is 0.399 e. The maximum absolute atomic E-state index is 13.1. The summed E-state index contributed by atoms with van der Waals surface area (Å²) in [4.78, 5) is 30.7. The minimum atomic E-state index is -0.373. The molecule has 1 atom stereocenters. The Hall–Kier alpha value is -2.86. The fourth-order valence-corrected chi connectivity index (χ4v) is 3.18. The molecule has 0 saturated carbocycles. The Kier molecular flexibility index (Phi) is 5.23. The summed E-state index contributed by atoms with van der Waals surface area (Å²) >= 11 is 0. The van der Waals surface area contributed by atoms with Gasteiger partial charge >= 0.3 is 0 Å². The van der Waals surface area contributed by atoms with Crippen molar-refractivity contribution in [2.45, 2.75) is 6.04 Å².